The summed E-state index contributed by atoms with van der Waals surface area (Å²) in [7, 11) is 0. The van der Waals surface area contributed by atoms with E-state index in [-0.39, 0.29) is 27.7 Å². The lowest BCUT2D eigenvalue weighted by atomic mass is 9.98. The minimum atomic E-state index is -5.04. The Morgan fingerprint density at radius 1 is 1.06 bits per heavy atom. The maximum absolute atomic E-state index is 13.1. The third-order valence-electron chi connectivity index (χ3n) is 4.79. The SMILES string of the molecule is C=CCOc1ccc(C(=O)c2ccc(Nc3ccc(Br)cc3NC(=O)C(F)(F)F)cc2Cl)c(C)c1. The Morgan fingerprint density at radius 2 is 1.77 bits per heavy atom. The summed E-state index contributed by atoms with van der Waals surface area (Å²) in [6.45, 7) is 5.71. The number of rotatable bonds is 8. The Kier molecular flexibility index (Phi) is 8.24. The summed E-state index contributed by atoms with van der Waals surface area (Å²) in [6.07, 6.45) is -3.43. The van der Waals surface area contributed by atoms with Crippen molar-refractivity contribution in [1.82, 2.24) is 0 Å². The van der Waals surface area contributed by atoms with Crippen LogP contribution in [-0.2, 0) is 4.79 Å². The number of carbonyl (C=O) groups is 2. The lowest BCUT2D eigenvalue weighted by Crippen LogP contribution is -2.30. The molecule has 0 saturated heterocycles. The van der Waals surface area contributed by atoms with E-state index in [1.54, 1.807) is 43.3 Å². The molecule has 0 unspecified atom stereocenters. The van der Waals surface area contributed by atoms with Crippen molar-refractivity contribution in [2.24, 2.45) is 0 Å². The third kappa shape index (κ3) is 6.64. The number of halogens is 5. The van der Waals surface area contributed by atoms with Crippen LogP contribution in [0.2, 0.25) is 5.02 Å². The number of hydrogen-bond acceptors (Lipinski definition) is 4. The molecule has 0 bridgehead atoms. The lowest BCUT2D eigenvalue weighted by Gasteiger charge is -2.15. The number of amides is 1. The largest absolute Gasteiger partial charge is 0.490 e. The molecule has 1 amide bonds. The Labute approximate surface area is 213 Å². The molecular weight excluding hydrogens is 549 g/mol. The first-order chi connectivity index (χ1) is 16.5. The Balaban J connectivity index is 1.84. The van der Waals surface area contributed by atoms with Crippen molar-refractivity contribution >= 4 is 56.3 Å². The average molecular weight is 568 g/mol. The van der Waals surface area contributed by atoms with E-state index in [4.69, 9.17) is 16.3 Å². The van der Waals surface area contributed by atoms with Gasteiger partial charge in [-0.2, -0.15) is 13.2 Å². The van der Waals surface area contributed by atoms with Crippen molar-refractivity contribution in [3.63, 3.8) is 0 Å². The Bertz CT molecular complexity index is 1300. The molecule has 0 radical (unpaired) electrons. The lowest BCUT2D eigenvalue weighted by molar-refractivity contribution is -0.167. The van der Waals surface area contributed by atoms with Crippen molar-refractivity contribution in [1.29, 1.82) is 0 Å². The highest BCUT2D eigenvalue weighted by Crippen LogP contribution is 2.32. The number of anilines is 3. The van der Waals surface area contributed by atoms with Gasteiger partial charge in [0.1, 0.15) is 12.4 Å². The molecule has 0 atom stereocenters. The Morgan fingerprint density at radius 3 is 2.40 bits per heavy atom. The van der Waals surface area contributed by atoms with E-state index >= 15 is 0 Å². The molecule has 0 heterocycles. The van der Waals surface area contributed by atoms with E-state index < -0.39 is 12.1 Å². The predicted octanol–water partition coefficient (Wildman–Crippen LogP) is 7.45. The molecule has 0 aliphatic heterocycles. The predicted molar refractivity (Wildman–Crippen MR) is 134 cm³/mol. The van der Waals surface area contributed by atoms with Gasteiger partial charge >= 0.3 is 12.1 Å². The number of nitrogens with one attached hydrogen (secondary N) is 2. The number of ketones is 1. The molecule has 35 heavy (non-hydrogen) atoms. The minimum Gasteiger partial charge on any atom is -0.490 e. The van der Waals surface area contributed by atoms with Gasteiger partial charge < -0.3 is 15.4 Å². The highest BCUT2D eigenvalue weighted by atomic mass is 79.9. The van der Waals surface area contributed by atoms with Crippen molar-refractivity contribution in [3.8, 4) is 5.75 Å². The second kappa shape index (κ2) is 11.0. The maximum atomic E-state index is 13.1. The summed E-state index contributed by atoms with van der Waals surface area (Å²) >= 11 is 9.55. The van der Waals surface area contributed by atoms with E-state index in [1.807, 2.05) is 5.32 Å². The molecular formula is C25H19BrClF3N2O3. The van der Waals surface area contributed by atoms with E-state index in [0.29, 0.717) is 33.6 Å². The molecule has 3 aromatic carbocycles. The Hall–Kier alpha value is -3.30. The van der Waals surface area contributed by atoms with Crippen LogP contribution in [0.25, 0.3) is 0 Å². The van der Waals surface area contributed by atoms with Gasteiger partial charge in [0.15, 0.2) is 5.78 Å². The van der Waals surface area contributed by atoms with E-state index in [0.717, 1.165) is 0 Å². The van der Waals surface area contributed by atoms with Crippen LogP contribution in [0.5, 0.6) is 5.75 Å². The zero-order chi connectivity index (χ0) is 25.8. The van der Waals surface area contributed by atoms with Gasteiger partial charge in [0.2, 0.25) is 0 Å². The van der Waals surface area contributed by atoms with Crippen LogP contribution in [0, 0.1) is 6.92 Å². The summed E-state index contributed by atoms with van der Waals surface area (Å²) in [6, 6.07) is 14.0. The summed E-state index contributed by atoms with van der Waals surface area (Å²) in [5, 5.41) is 4.90. The third-order valence-corrected chi connectivity index (χ3v) is 5.60. The molecule has 2 N–H and O–H groups in total. The minimum absolute atomic E-state index is 0.0904. The average Bonchev–Trinajstić information content (AvgIpc) is 2.78. The fourth-order valence-electron chi connectivity index (χ4n) is 3.14. The fraction of sp³-hybridized carbons (Fsp3) is 0.120. The molecule has 182 valence electrons. The smallest absolute Gasteiger partial charge is 0.471 e. The quantitative estimate of drug-likeness (QED) is 0.219. The normalized spacial score (nSPS) is 11.0. The number of benzene rings is 3. The first-order valence-corrected chi connectivity index (χ1v) is 11.3. The molecule has 10 heteroatoms. The topological polar surface area (TPSA) is 67.4 Å². The summed E-state index contributed by atoms with van der Waals surface area (Å²) < 4.78 is 44.1. The van der Waals surface area contributed by atoms with Gasteiger partial charge in [-0.15, -0.1) is 0 Å². The molecule has 3 rings (SSSR count). The van der Waals surface area contributed by atoms with Crippen LogP contribution < -0.4 is 15.4 Å². The van der Waals surface area contributed by atoms with Crippen molar-refractivity contribution in [3.05, 3.63) is 93.4 Å². The molecule has 0 aromatic heterocycles. The summed E-state index contributed by atoms with van der Waals surface area (Å²) in [5.41, 5.74) is 1.92. The second-order valence-corrected chi connectivity index (χ2v) is 8.69. The fourth-order valence-corrected chi connectivity index (χ4v) is 3.76. The number of hydrogen-bond donors (Lipinski definition) is 2. The molecule has 5 nitrogen and oxygen atoms in total. The highest BCUT2D eigenvalue weighted by Gasteiger charge is 2.39. The van der Waals surface area contributed by atoms with E-state index in [1.165, 1.54) is 24.3 Å². The van der Waals surface area contributed by atoms with Gasteiger partial charge in [0, 0.05) is 21.3 Å². The van der Waals surface area contributed by atoms with Gasteiger partial charge in [-0.3, -0.25) is 9.59 Å². The number of ether oxygens (including phenoxy) is 1. The first kappa shape index (κ1) is 26.3. The number of aryl methyl sites for hydroxylation is 1. The molecule has 0 spiro atoms. The highest BCUT2D eigenvalue weighted by molar-refractivity contribution is 9.10. The summed E-state index contributed by atoms with van der Waals surface area (Å²) in [4.78, 5) is 24.5. The molecule has 3 aromatic rings. The van der Waals surface area contributed by atoms with Crippen LogP contribution in [0.15, 0.2) is 71.7 Å². The summed E-state index contributed by atoms with van der Waals surface area (Å²) in [5.74, 6) is -1.79. The van der Waals surface area contributed by atoms with Crippen LogP contribution in [-0.4, -0.2) is 24.5 Å². The van der Waals surface area contributed by atoms with Gasteiger partial charge in [-0.25, -0.2) is 0 Å². The van der Waals surface area contributed by atoms with E-state index in [2.05, 4.69) is 27.8 Å². The first-order valence-electron chi connectivity index (χ1n) is 10.1. The molecule has 0 saturated carbocycles. The standard InChI is InChI=1S/C25H19BrClF3N2O3/c1-3-10-35-17-6-8-18(14(2)11-17)23(33)19-7-5-16(13-20(19)27)31-21-9-4-15(26)12-22(21)32-24(34)25(28,29)30/h3-9,11-13,31H,1,10H2,2H3,(H,32,34). The molecule has 0 aliphatic rings. The van der Waals surface area contributed by atoms with E-state index in [9.17, 15) is 22.8 Å². The van der Waals surface area contributed by atoms with Crippen LogP contribution in [0.3, 0.4) is 0 Å². The van der Waals surface area contributed by atoms with Crippen molar-refractivity contribution in [2.75, 3.05) is 17.2 Å². The molecule has 0 fully saturated rings. The molecule has 0 aliphatic carbocycles. The van der Waals surface area contributed by atoms with Gasteiger partial charge in [-0.1, -0.05) is 40.2 Å². The maximum Gasteiger partial charge on any atom is 0.471 e. The van der Waals surface area contributed by atoms with Crippen LogP contribution in [0.1, 0.15) is 21.5 Å². The zero-order valence-electron chi connectivity index (χ0n) is 18.3. The van der Waals surface area contributed by atoms with Crippen molar-refractivity contribution < 1.29 is 27.5 Å². The van der Waals surface area contributed by atoms with Crippen molar-refractivity contribution in [2.45, 2.75) is 13.1 Å². The van der Waals surface area contributed by atoms with Gasteiger partial charge in [-0.05, 0) is 67.1 Å². The number of carbonyl (C=O) groups excluding carboxylic acids is 2. The van der Waals surface area contributed by atoms with Gasteiger partial charge in [0.25, 0.3) is 0 Å². The monoisotopic (exact) mass is 566 g/mol. The van der Waals surface area contributed by atoms with Crippen LogP contribution in [0.4, 0.5) is 30.2 Å². The zero-order valence-corrected chi connectivity index (χ0v) is 20.6. The second-order valence-electron chi connectivity index (χ2n) is 7.37. The van der Waals surface area contributed by atoms with Gasteiger partial charge in [0.05, 0.1) is 16.4 Å². The number of alkyl halides is 3. The van der Waals surface area contributed by atoms with Crippen LogP contribution >= 0.6 is 27.5 Å².